The number of hydrogen-bond acceptors (Lipinski definition) is 5. The fourth-order valence-electron chi connectivity index (χ4n) is 2.67. The van der Waals surface area contributed by atoms with E-state index in [1.165, 1.54) is 17.4 Å². The summed E-state index contributed by atoms with van der Waals surface area (Å²) in [7, 11) is 0. The van der Waals surface area contributed by atoms with Crippen molar-refractivity contribution in [3.05, 3.63) is 41.6 Å². The van der Waals surface area contributed by atoms with Crippen LogP contribution in [0.2, 0.25) is 0 Å². The number of nitrogens with zero attached hydrogens (tertiary/aromatic N) is 2. The molecule has 1 amide bonds. The van der Waals surface area contributed by atoms with Crippen molar-refractivity contribution in [3.8, 4) is 12.1 Å². The van der Waals surface area contributed by atoms with Crippen molar-refractivity contribution >= 4 is 66.8 Å². The van der Waals surface area contributed by atoms with E-state index >= 15 is 0 Å². The molecule has 2 aromatic rings. The van der Waals surface area contributed by atoms with E-state index in [0.29, 0.717) is 20.1 Å². The second-order valence-electron chi connectivity index (χ2n) is 5.42. The number of amides is 1. The number of halogens is 2. The van der Waals surface area contributed by atoms with Gasteiger partial charge in [-0.3, -0.25) is 4.79 Å². The molecular formula is C17H11BrIN3O2S. The molecule has 0 saturated carbocycles. The maximum absolute atomic E-state index is 12.5. The Kier molecular flexibility index (Phi) is 5.62. The first-order valence-corrected chi connectivity index (χ1v) is 10.1. The topological polar surface area (TPSA) is 89.8 Å². The van der Waals surface area contributed by atoms with Gasteiger partial charge in [-0.15, -0.1) is 11.3 Å². The number of furan rings is 1. The van der Waals surface area contributed by atoms with Crippen LogP contribution in [0.5, 0.6) is 0 Å². The third kappa shape index (κ3) is 3.81. The van der Waals surface area contributed by atoms with Gasteiger partial charge in [0.25, 0.3) is 5.91 Å². The standard InChI is InChI=1S/C17H11BrIN3O2S/c18-13-6-10(24-15(13)19)5-9(7-20)16(23)22-17-12(8-21)11-3-1-2-4-14(11)25-17/h5-6H,1-4H2,(H,22,23)/b9-5+. The molecule has 0 unspecified atom stereocenters. The lowest BCUT2D eigenvalue weighted by Crippen LogP contribution is -2.13. The number of rotatable bonds is 3. The molecule has 8 heteroatoms. The molecule has 2 heterocycles. The summed E-state index contributed by atoms with van der Waals surface area (Å²) >= 11 is 6.76. The number of thiophene rings is 1. The van der Waals surface area contributed by atoms with Crippen molar-refractivity contribution < 1.29 is 9.21 Å². The van der Waals surface area contributed by atoms with E-state index in [2.05, 4.69) is 27.3 Å². The predicted molar refractivity (Wildman–Crippen MR) is 107 cm³/mol. The van der Waals surface area contributed by atoms with E-state index in [4.69, 9.17) is 4.42 Å². The van der Waals surface area contributed by atoms with Gasteiger partial charge in [0.1, 0.15) is 28.5 Å². The summed E-state index contributed by atoms with van der Waals surface area (Å²) in [6.45, 7) is 0. The highest BCUT2D eigenvalue weighted by Crippen LogP contribution is 2.37. The molecule has 0 spiro atoms. The van der Waals surface area contributed by atoms with Crippen molar-refractivity contribution in [1.29, 1.82) is 10.5 Å². The molecule has 0 bridgehead atoms. The van der Waals surface area contributed by atoms with E-state index in [9.17, 15) is 15.3 Å². The Balaban J connectivity index is 1.87. The molecule has 1 N–H and O–H groups in total. The number of aryl methyl sites for hydroxylation is 1. The molecular weight excluding hydrogens is 517 g/mol. The Morgan fingerprint density at radius 1 is 1.40 bits per heavy atom. The zero-order chi connectivity index (χ0) is 18.0. The number of anilines is 1. The molecule has 0 aliphatic heterocycles. The van der Waals surface area contributed by atoms with Crippen LogP contribution in [0.4, 0.5) is 5.00 Å². The third-order valence-electron chi connectivity index (χ3n) is 3.83. The van der Waals surface area contributed by atoms with Crippen molar-refractivity contribution in [2.75, 3.05) is 5.32 Å². The Labute approximate surface area is 170 Å². The largest absolute Gasteiger partial charge is 0.450 e. The quantitative estimate of drug-likeness (QED) is 0.345. The molecule has 1 aliphatic carbocycles. The Bertz CT molecular complexity index is 942. The summed E-state index contributed by atoms with van der Waals surface area (Å²) < 4.78 is 6.84. The van der Waals surface area contributed by atoms with Gasteiger partial charge in [-0.05, 0) is 53.2 Å². The number of nitriles is 2. The number of hydrogen-bond donors (Lipinski definition) is 1. The molecule has 0 fully saturated rings. The van der Waals surface area contributed by atoms with Crippen LogP contribution in [-0.2, 0) is 17.6 Å². The van der Waals surface area contributed by atoms with E-state index in [0.717, 1.165) is 40.6 Å². The summed E-state index contributed by atoms with van der Waals surface area (Å²) in [4.78, 5) is 13.6. The first-order valence-electron chi connectivity index (χ1n) is 7.46. The second kappa shape index (κ2) is 7.73. The zero-order valence-electron chi connectivity index (χ0n) is 12.9. The molecule has 0 saturated heterocycles. The molecule has 0 atom stereocenters. The van der Waals surface area contributed by atoms with Gasteiger partial charge in [0.2, 0.25) is 0 Å². The predicted octanol–water partition coefficient (Wildman–Crippen LogP) is 5.00. The van der Waals surface area contributed by atoms with Gasteiger partial charge in [0, 0.05) is 33.5 Å². The average molecular weight is 528 g/mol. The fourth-order valence-corrected chi connectivity index (χ4v) is 4.62. The number of fused-ring (bicyclic) bond motifs is 1. The maximum Gasteiger partial charge on any atom is 0.267 e. The second-order valence-corrected chi connectivity index (χ2v) is 8.36. The van der Waals surface area contributed by atoms with Gasteiger partial charge >= 0.3 is 0 Å². The first kappa shape index (κ1) is 18.2. The van der Waals surface area contributed by atoms with Gasteiger partial charge in [0.15, 0.2) is 3.77 Å². The normalized spacial score (nSPS) is 13.7. The van der Waals surface area contributed by atoms with Crippen LogP contribution < -0.4 is 5.32 Å². The van der Waals surface area contributed by atoms with Gasteiger partial charge in [0.05, 0.1) is 10.0 Å². The maximum atomic E-state index is 12.5. The van der Waals surface area contributed by atoms with E-state index in [1.807, 2.05) is 28.7 Å². The van der Waals surface area contributed by atoms with E-state index < -0.39 is 5.91 Å². The summed E-state index contributed by atoms with van der Waals surface area (Å²) in [6, 6.07) is 5.78. The van der Waals surface area contributed by atoms with Crippen LogP contribution in [0.25, 0.3) is 6.08 Å². The van der Waals surface area contributed by atoms with Crippen LogP contribution in [0.1, 0.15) is 34.6 Å². The highest BCUT2D eigenvalue weighted by atomic mass is 127. The molecule has 1 aliphatic rings. The lowest BCUT2D eigenvalue weighted by Gasteiger charge is -2.09. The van der Waals surface area contributed by atoms with Crippen molar-refractivity contribution in [3.63, 3.8) is 0 Å². The van der Waals surface area contributed by atoms with E-state index in [-0.39, 0.29) is 5.57 Å². The molecule has 25 heavy (non-hydrogen) atoms. The lowest BCUT2D eigenvalue weighted by molar-refractivity contribution is -0.112. The van der Waals surface area contributed by atoms with Crippen LogP contribution in [0.15, 0.2) is 20.5 Å². The average Bonchev–Trinajstić information content (AvgIpc) is 3.11. The van der Waals surface area contributed by atoms with Crippen molar-refractivity contribution in [1.82, 2.24) is 0 Å². The fraction of sp³-hybridized carbons (Fsp3) is 0.235. The van der Waals surface area contributed by atoms with Gasteiger partial charge < -0.3 is 9.73 Å². The van der Waals surface area contributed by atoms with Crippen LogP contribution in [0.3, 0.4) is 0 Å². The zero-order valence-corrected chi connectivity index (χ0v) is 17.4. The first-order chi connectivity index (χ1) is 12.0. The Morgan fingerprint density at radius 2 is 2.16 bits per heavy atom. The van der Waals surface area contributed by atoms with Gasteiger partial charge in [-0.25, -0.2) is 0 Å². The lowest BCUT2D eigenvalue weighted by atomic mass is 9.96. The summed E-state index contributed by atoms with van der Waals surface area (Å²) in [6.07, 6.45) is 5.35. The van der Waals surface area contributed by atoms with E-state index in [1.54, 1.807) is 6.07 Å². The number of nitrogens with one attached hydrogen (secondary N) is 1. The number of carbonyl (C=O) groups excluding carboxylic acids is 1. The molecule has 2 aromatic heterocycles. The molecule has 126 valence electrons. The smallest absolute Gasteiger partial charge is 0.267 e. The summed E-state index contributed by atoms with van der Waals surface area (Å²) in [5, 5.41) is 22.0. The summed E-state index contributed by atoms with van der Waals surface area (Å²) in [5.41, 5.74) is 1.49. The van der Waals surface area contributed by atoms with Crippen molar-refractivity contribution in [2.45, 2.75) is 25.7 Å². The van der Waals surface area contributed by atoms with Gasteiger partial charge in [-0.1, -0.05) is 0 Å². The molecule has 3 rings (SSSR count). The molecule has 0 aromatic carbocycles. The molecule has 0 radical (unpaired) electrons. The minimum Gasteiger partial charge on any atom is -0.450 e. The Morgan fingerprint density at radius 3 is 2.80 bits per heavy atom. The minimum atomic E-state index is -0.542. The molecule has 5 nitrogen and oxygen atoms in total. The minimum absolute atomic E-state index is 0.0760. The third-order valence-corrected chi connectivity index (χ3v) is 7.16. The van der Waals surface area contributed by atoms with Crippen LogP contribution in [-0.4, -0.2) is 5.91 Å². The van der Waals surface area contributed by atoms with Crippen LogP contribution in [0, 0.1) is 26.4 Å². The van der Waals surface area contributed by atoms with Gasteiger partial charge in [-0.2, -0.15) is 10.5 Å². The summed E-state index contributed by atoms with van der Waals surface area (Å²) in [5.74, 6) is -0.130. The Hall–Kier alpha value is -1.62. The highest BCUT2D eigenvalue weighted by Gasteiger charge is 2.22. The van der Waals surface area contributed by atoms with Crippen LogP contribution >= 0.6 is 49.9 Å². The monoisotopic (exact) mass is 527 g/mol. The SMILES string of the molecule is N#C/C(=C\c1cc(Br)c(I)o1)C(=O)Nc1sc2c(c1C#N)CCCC2. The number of carbonyl (C=O) groups is 1. The van der Waals surface area contributed by atoms with Crippen molar-refractivity contribution in [2.24, 2.45) is 0 Å². The highest BCUT2D eigenvalue weighted by molar-refractivity contribution is 14.1.